The number of thiophene rings is 1. The molecule has 2 N–H and O–H groups in total. The molecule has 0 atom stereocenters. The van der Waals surface area contributed by atoms with Crippen LogP contribution in [0.3, 0.4) is 0 Å². The van der Waals surface area contributed by atoms with E-state index in [1.54, 1.807) is 13.0 Å². The van der Waals surface area contributed by atoms with Crippen molar-refractivity contribution in [2.24, 2.45) is 5.73 Å². The Morgan fingerprint density at radius 3 is 2.72 bits per heavy atom. The van der Waals surface area contributed by atoms with Gasteiger partial charge in [-0.2, -0.15) is 5.26 Å². The molecule has 2 aromatic rings. The van der Waals surface area contributed by atoms with Crippen LogP contribution in [-0.2, 0) is 0 Å². The lowest BCUT2D eigenvalue weighted by Crippen LogP contribution is -2.02. The van der Waals surface area contributed by atoms with E-state index in [2.05, 4.69) is 6.07 Å². The number of benzene rings is 1. The van der Waals surface area contributed by atoms with Crippen LogP contribution in [0.4, 0.5) is 4.39 Å². The van der Waals surface area contributed by atoms with Crippen LogP contribution in [0.5, 0.6) is 0 Å². The van der Waals surface area contributed by atoms with Crippen LogP contribution in [0.2, 0.25) is 0 Å². The molecule has 0 saturated heterocycles. The predicted octanol–water partition coefficient (Wildman–Crippen LogP) is 3.55. The molecule has 0 aliphatic rings. The summed E-state index contributed by atoms with van der Waals surface area (Å²) in [7, 11) is 0. The first-order chi connectivity index (χ1) is 8.63. The molecule has 0 saturated carbocycles. The smallest absolute Gasteiger partial charge is 0.123 e. The Kier molecular flexibility index (Phi) is 3.45. The van der Waals surface area contributed by atoms with Crippen molar-refractivity contribution in [2.75, 3.05) is 0 Å². The molecular weight excluding hydrogens is 247 g/mol. The third kappa shape index (κ3) is 2.27. The Labute approximate surface area is 109 Å². The first kappa shape index (κ1) is 12.3. The van der Waals surface area contributed by atoms with Crippen LogP contribution >= 0.6 is 11.3 Å². The standard InChI is InChI=1S/C14H11FN2S/c1-9-7-10(15)4-5-11(9)14(17)12(8-16)13-3-2-6-18-13/h2-7H,17H2,1H3/b14-12+. The topological polar surface area (TPSA) is 49.8 Å². The van der Waals surface area contributed by atoms with Crippen LogP contribution in [0.1, 0.15) is 16.0 Å². The first-order valence-corrected chi connectivity index (χ1v) is 6.21. The van der Waals surface area contributed by atoms with Gasteiger partial charge in [0.2, 0.25) is 0 Å². The zero-order valence-electron chi connectivity index (χ0n) is 9.77. The second-order valence-electron chi connectivity index (χ2n) is 3.84. The van der Waals surface area contributed by atoms with Crippen LogP contribution in [-0.4, -0.2) is 0 Å². The van der Waals surface area contributed by atoms with Gasteiger partial charge < -0.3 is 5.73 Å². The van der Waals surface area contributed by atoms with E-state index in [-0.39, 0.29) is 5.82 Å². The van der Waals surface area contributed by atoms with Gasteiger partial charge in [-0.1, -0.05) is 6.07 Å². The normalized spacial score (nSPS) is 11.8. The number of nitriles is 1. The average molecular weight is 258 g/mol. The van der Waals surface area contributed by atoms with E-state index in [1.807, 2.05) is 17.5 Å². The number of nitrogens with zero attached hydrogens (tertiary/aromatic N) is 1. The van der Waals surface area contributed by atoms with E-state index >= 15 is 0 Å². The van der Waals surface area contributed by atoms with Crippen LogP contribution < -0.4 is 5.73 Å². The van der Waals surface area contributed by atoms with Gasteiger partial charge >= 0.3 is 0 Å². The number of allylic oxidation sites excluding steroid dienone is 1. The summed E-state index contributed by atoms with van der Waals surface area (Å²) in [5.74, 6) is -0.307. The molecule has 1 heterocycles. The molecule has 0 unspecified atom stereocenters. The zero-order valence-corrected chi connectivity index (χ0v) is 10.6. The molecule has 0 aliphatic carbocycles. The number of aryl methyl sites for hydroxylation is 1. The van der Waals surface area contributed by atoms with Gasteiger partial charge in [0.15, 0.2) is 0 Å². The van der Waals surface area contributed by atoms with Crippen molar-refractivity contribution in [1.82, 2.24) is 0 Å². The van der Waals surface area contributed by atoms with Crippen molar-refractivity contribution < 1.29 is 4.39 Å². The Balaban J connectivity index is 2.58. The fraction of sp³-hybridized carbons (Fsp3) is 0.0714. The summed E-state index contributed by atoms with van der Waals surface area (Å²) in [5, 5.41) is 11.1. The Morgan fingerprint density at radius 2 is 2.17 bits per heavy atom. The van der Waals surface area contributed by atoms with Gasteiger partial charge in [-0.25, -0.2) is 4.39 Å². The SMILES string of the molecule is Cc1cc(F)ccc1/C(N)=C(/C#N)c1cccs1. The zero-order chi connectivity index (χ0) is 13.1. The molecule has 90 valence electrons. The minimum Gasteiger partial charge on any atom is -0.397 e. The van der Waals surface area contributed by atoms with Gasteiger partial charge in [-0.15, -0.1) is 11.3 Å². The Hall–Kier alpha value is -2.12. The minimum absolute atomic E-state index is 0.307. The van der Waals surface area contributed by atoms with Crippen molar-refractivity contribution >= 4 is 22.6 Å². The maximum Gasteiger partial charge on any atom is 0.123 e. The lowest BCUT2D eigenvalue weighted by Gasteiger charge is -2.08. The van der Waals surface area contributed by atoms with Gasteiger partial charge in [0, 0.05) is 10.4 Å². The average Bonchev–Trinajstić information content (AvgIpc) is 2.83. The number of nitrogens with two attached hydrogens (primary N) is 1. The van der Waals surface area contributed by atoms with E-state index in [1.165, 1.54) is 23.5 Å². The number of hydrogen-bond donors (Lipinski definition) is 1. The summed E-state index contributed by atoms with van der Waals surface area (Å²) >= 11 is 1.45. The molecule has 0 aliphatic heterocycles. The minimum atomic E-state index is -0.307. The van der Waals surface area contributed by atoms with Crippen molar-refractivity contribution in [2.45, 2.75) is 6.92 Å². The van der Waals surface area contributed by atoms with Gasteiger partial charge in [0.25, 0.3) is 0 Å². The lowest BCUT2D eigenvalue weighted by atomic mass is 10.0. The second-order valence-corrected chi connectivity index (χ2v) is 4.78. The van der Waals surface area contributed by atoms with Crippen molar-refractivity contribution in [3.8, 4) is 6.07 Å². The van der Waals surface area contributed by atoms with Gasteiger partial charge in [-0.3, -0.25) is 0 Å². The second kappa shape index (κ2) is 5.03. The fourth-order valence-electron chi connectivity index (χ4n) is 1.73. The summed E-state index contributed by atoms with van der Waals surface area (Å²) in [6, 6.07) is 10.2. The molecule has 0 bridgehead atoms. The van der Waals surface area contributed by atoms with E-state index in [0.29, 0.717) is 16.8 Å². The predicted molar refractivity (Wildman–Crippen MR) is 72.1 cm³/mol. The van der Waals surface area contributed by atoms with Crippen LogP contribution in [0.15, 0.2) is 35.7 Å². The summed E-state index contributed by atoms with van der Waals surface area (Å²) in [6.45, 7) is 1.77. The lowest BCUT2D eigenvalue weighted by molar-refractivity contribution is 0.626. The monoisotopic (exact) mass is 258 g/mol. The fourth-order valence-corrected chi connectivity index (χ4v) is 2.47. The Bertz CT molecular complexity index is 636. The van der Waals surface area contributed by atoms with Gasteiger partial charge in [0.05, 0.1) is 11.3 Å². The highest BCUT2D eigenvalue weighted by molar-refractivity contribution is 7.11. The van der Waals surface area contributed by atoms with Crippen LogP contribution in [0, 0.1) is 24.1 Å². The molecule has 1 aromatic heterocycles. The molecule has 1 aromatic carbocycles. The molecule has 18 heavy (non-hydrogen) atoms. The van der Waals surface area contributed by atoms with Gasteiger partial charge in [-0.05, 0) is 42.1 Å². The molecule has 0 spiro atoms. The van der Waals surface area contributed by atoms with E-state index < -0.39 is 0 Å². The first-order valence-electron chi connectivity index (χ1n) is 5.33. The highest BCUT2D eigenvalue weighted by Gasteiger charge is 2.11. The molecule has 0 fully saturated rings. The Morgan fingerprint density at radius 1 is 1.39 bits per heavy atom. The molecule has 0 amide bonds. The summed E-state index contributed by atoms with van der Waals surface area (Å²) in [4.78, 5) is 0.818. The summed E-state index contributed by atoms with van der Waals surface area (Å²) < 4.78 is 13.0. The van der Waals surface area contributed by atoms with Crippen LogP contribution in [0.25, 0.3) is 11.3 Å². The third-order valence-electron chi connectivity index (χ3n) is 2.63. The largest absolute Gasteiger partial charge is 0.397 e. The highest BCUT2D eigenvalue weighted by Crippen LogP contribution is 2.27. The van der Waals surface area contributed by atoms with Gasteiger partial charge in [0.1, 0.15) is 11.9 Å². The summed E-state index contributed by atoms with van der Waals surface area (Å²) in [5.41, 5.74) is 8.27. The molecule has 0 radical (unpaired) electrons. The van der Waals surface area contributed by atoms with Crippen molar-refractivity contribution in [3.05, 3.63) is 57.5 Å². The molecule has 4 heteroatoms. The third-order valence-corrected chi connectivity index (χ3v) is 3.51. The maximum atomic E-state index is 13.0. The molecular formula is C14H11FN2S. The quantitative estimate of drug-likeness (QED) is 0.837. The van der Waals surface area contributed by atoms with Crippen molar-refractivity contribution in [3.63, 3.8) is 0 Å². The van der Waals surface area contributed by atoms with Crippen molar-refractivity contribution in [1.29, 1.82) is 5.26 Å². The van der Waals surface area contributed by atoms with E-state index in [9.17, 15) is 9.65 Å². The molecule has 2 rings (SSSR count). The maximum absolute atomic E-state index is 13.0. The van der Waals surface area contributed by atoms with E-state index in [4.69, 9.17) is 5.73 Å². The highest BCUT2D eigenvalue weighted by atomic mass is 32.1. The van der Waals surface area contributed by atoms with E-state index in [0.717, 1.165) is 10.4 Å². The number of rotatable bonds is 2. The number of halogens is 1. The number of hydrogen-bond acceptors (Lipinski definition) is 3. The summed E-state index contributed by atoms with van der Waals surface area (Å²) in [6.07, 6.45) is 0. The molecule has 2 nitrogen and oxygen atoms in total.